The molecule has 0 aliphatic heterocycles. The van der Waals surface area contributed by atoms with Gasteiger partial charge in [0.2, 0.25) is 10.0 Å². The smallest absolute Gasteiger partial charge is 0.243 e. The van der Waals surface area contributed by atoms with E-state index < -0.39 is 26.6 Å². The van der Waals surface area contributed by atoms with Crippen LogP contribution in [0.25, 0.3) is 0 Å². The van der Waals surface area contributed by atoms with Crippen LogP contribution in [0.2, 0.25) is 0 Å². The quantitative estimate of drug-likeness (QED) is 0.830. The number of rotatable bonds is 5. The second-order valence-corrected chi connectivity index (χ2v) is 6.81. The van der Waals surface area contributed by atoms with Crippen molar-refractivity contribution in [2.45, 2.75) is 11.3 Å². The Bertz CT molecular complexity index is 700. The van der Waals surface area contributed by atoms with Crippen molar-refractivity contribution in [3.05, 3.63) is 46.2 Å². The molecule has 0 unspecified atom stereocenters. The Morgan fingerprint density at radius 1 is 1.30 bits per heavy atom. The van der Waals surface area contributed by atoms with E-state index in [1.54, 1.807) is 0 Å². The average molecular weight is 318 g/mol. The first-order valence-electron chi connectivity index (χ1n) is 5.67. The highest BCUT2D eigenvalue weighted by atomic mass is 32.2. The molecule has 0 spiro atoms. The summed E-state index contributed by atoms with van der Waals surface area (Å²) >= 11 is 1.49. The van der Waals surface area contributed by atoms with Gasteiger partial charge < -0.3 is 5.73 Å². The van der Waals surface area contributed by atoms with E-state index >= 15 is 0 Å². The molecule has 0 aliphatic carbocycles. The van der Waals surface area contributed by atoms with E-state index in [0.29, 0.717) is 6.42 Å². The Morgan fingerprint density at radius 3 is 2.70 bits per heavy atom. The Balaban J connectivity index is 2.14. The van der Waals surface area contributed by atoms with E-state index in [9.17, 15) is 17.2 Å². The van der Waals surface area contributed by atoms with Crippen molar-refractivity contribution in [1.82, 2.24) is 4.72 Å². The Kier molecular flexibility index (Phi) is 4.36. The SMILES string of the molecule is Nc1cc(F)c(F)c(S(=O)(=O)NCCc2cccs2)c1. The van der Waals surface area contributed by atoms with E-state index in [2.05, 4.69) is 4.72 Å². The number of nitrogens with two attached hydrogens (primary N) is 1. The molecule has 8 heteroatoms. The van der Waals surface area contributed by atoms with Gasteiger partial charge in [0.1, 0.15) is 4.90 Å². The number of hydrogen-bond donors (Lipinski definition) is 2. The number of hydrogen-bond acceptors (Lipinski definition) is 4. The summed E-state index contributed by atoms with van der Waals surface area (Å²) in [5.41, 5.74) is 5.18. The lowest BCUT2D eigenvalue weighted by molar-refractivity contribution is 0.484. The number of benzene rings is 1. The second kappa shape index (κ2) is 5.86. The van der Waals surface area contributed by atoms with Crippen molar-refractivity contribution in [1.29, 1.82) is 0 Å². The number of thiophene rings is 1. The van der Waals surface area contributed by atoms with Crippen molar-refractivity contribution >= 4 is 27.0 Å². The van der Waals surface area contributed by atoms with Gasteiger partial charge in [-0.2, -0.15) is 0 Å². The molecule has 0 saturated heterocycles. The Morgan fingerprint density at radius 2 is 2.05 bits per heavy atom. The van der Waals surface area contributed by atoms with Gasteiger partial charge in [0.15, 0.2) is 11.6 Å². The predicted molar refractivity (Wildman–Crippen MR) is 74.0 cm³/mol. The summed E-state index contributed by atoms with van der Waals surface area (Å²) in [6, 6.07) is 5.34. The standard InChI is InChI=1S/C12H12F2N2O2S2/c13-10-6-8(15)7-11(12(10)14)20(17,18)16-4-3-9-2-1-5-19-9/h1-2,5-7,16H,3-4,15H2. The molecular weight excluding hydrogens is 306 g/mol. The highest BCUT2D eigenvalue weighted by Gasteiger charge is 2.22. The van der Waals surface area contributed by atoms with Crippen LogP contribution in [-0.2, 0) is 16.4 Å². The summed E-state index contributed by atoms with van der Waals surface area (Å²) in [6.45, 7) is 0.0959. The molecule has 0 aliphatic rings. The third-order valence-electron chi connectivity index (χ3n) is 2.55. The van der Waals surface area contributed by atoms with Crippen LogP contribution in [0.15, 0.2) is 34.5 Å². The van der Waals surface area contributed by atoms with E-state index in [0.717, 1.165) is 17.0 Å². The highest BCUT2D eigenvalue weighted by molar-refractivity contribution is 7.89. The number of halogens is 2. The molecule has 2 aromatic rings. The van der Waals surface area contributed by atoms with Crippen LogP contribution in [0, 0.1) is 11.6 Å². The molecular formula is C12H12F2N2O2S2. The van der Waals surface area contributed by atoms with Crippen molar-refractivity contribution in [2.24, 2.45) is 0 Å². The number of nitrogens with one attached hydrogen (secondary N) is 1. The molecule has 2 rings (SSSR count). The van der Waals surface area contributed by atoms with Crippen LogP contribution in [-0.4, -0.2) is 15.0 Å². The van der Waals surface area contributed by atoms with Crippen LogP contribution >= 0.6 is 11.3 Å². The van der Waals surface area contributed by atoms with Crippen molar-refractivity contribution in [2.75, 3.05) is 12.3 Å². The molecule has 0 atom stereocenters. The number of sulfonamides is 1. The predicted octanol–water partition coefficient (Wildman–Crippen LogP) is 2.13. The molecule has 20 heavy (non-hydrogen) atoms. The summed E-state index contributed by atoms with van der Waals surface area (Å²) in [7, 11) is -4.13. The van der Waals surface area contributed by atoms with Crippen LogP contribution in [0.3, 0.4) is 0 Å². The van der Waals surface area contributed by atoms with Crippen LogP contribution in [0.4, 0.5) is 14.5 Å². The summed E-state index contributed by atoms with van der Waals surface area (Å²) in [4.78, 5) is 0.216. The largest absolute Gasteiger partial charge is 0.399 e. The molecule has 3 N–H and O–H groups in total. The molecule has 108 valence electrons. The zero-order chi connectivity index (χ0) is 14.8. The zero-order valence-electron chi connectivity index (χ0n) is 10.3. The monoisotopic (exact) mass is 318 g/mol. The van der Waals surface area contributed by atoms with E-state index in [1.165, 1.54) is 11.3 Å². The van der Waals surface area contributed by atoms with Crippen molar-refractivity contribution < 1.29 is 17.2 Å². The minimum atomic E-state index is -4.13. The molecule has 1 heterocycles. The Labute approximate surface area is 119 Å². The maximum absolute atomic E-state index is 13.5. The lowest BCUT2D eigenvalue weighted by Gasteiger charge is -2.08. The minimum absolute atomic E-state index is 0.0959. The van der Waals surface area contributed by atoms with Crippen molar-refractivity contribution in [3.63, 3.8) is 0 Å². The van der Waals surface area contributed by atoms with Crippen LogP contribution in [0.5, 0.6) is 0 Å². The fourth-order valence-electron chi connectivity index (χ4n) is 1.62. The first-order chi connectivity index (χ1) is 9.40. The molecule has 4 nitrogen and oxygen atoms in total. The van der Waals surface area contributed by atoms with Gasteiger partial charge in [-0.3, -0.25) is 0 Å². The topological polar surface area (TPSA) is 72.2 Å². The van der Waals surface area contributed by atoms with Gasteiger partial charge in [-0.15, -0.1) is 11.3 Å². The maximum atomic E-state index is 13.5. The van der Waals surface area contributed by atoms with Gasteiger partial charge >= 0.3 is 0 Å². The third-order valence-corrected chi connectivity index (χ3v) is 4.95. The lowest BCUT2D eigenvalue weighted by atomic mass is 10.3. The number of anilines is 1. The van der Waals surface area contributed by atoms with E-state index in [1.807, 2.05) is 17.5 Å². The van der Waals surface area contributed by atoms with Crippen LogP contribution in [0.1, 0.15) is 4.88 Å². The van der Waals surface area contributed by atoms with Crippen molar-refractivity contribution in [3.8, 4) is 0 Å². The normalized spacial score (nSPS) is 11.7. The van der Waals surface area contributed by atoms with E-state index in [-0.39, 0.29) is 12.2 Å². The van der Waals surface area contributed by atoms with Gasteiger partial charge in [-0.25, -0.2) is 21.9 Å². The van der Waals surface area contributed by atoms with Gasteiger partial charge in [0.05, 0.1) is 0 Å². The summed E-state index contributed by atoms with van der Waals surface area (Å²) in [5.74, 6) is -2.72. The maximum Gasteiger partial charge on any atom is 0.243 e. The molecule has 1 aromatic carbocycles. The highest BCUT2D eigenvalue weighted by Crippen LogP contribution is 2.21. The third kappa shape index (κ3) is 3.33. The van der Waals surface area contributed by atoms with E-state index in [4.69, 9.17) is 5.73 Å². The zero-order valence-corrected chi connectivity index (χ0v) is 11.9. The van der Waals surface area contributed by atoms with Gasteiger partial charge in [0, 0.05) is 17.1 Å². The molecule has 1 aromatic heterocycles. The summed E-state index contributed by atoms with van der Waals surface area (Å²) in [5, 5.41) is 1.87. The first-order valence-corrected chi connectivity index (χ1v) is 8.03. The summed E-state index contributed by atoms with van der Waals surface area (Å²) < 4.78 is 52.8. The minimum Gasteiger partial charge on any atom is -0.399 e. The molecule has 0 bridgehead atoms. The lowest BCUT2D eigenvalue weighted by Crippen LogP contribution is -2.27. The fourth-order valence-corrected chi connectivity index (χ4v) is 3.48. The average Bonchev–Trinajstić information content (AvgIpc) is 2.86. The second-order valence-electron chi connectivity index (χ2n) is 4.04. The number of nitrogen functional groups attached to an aromatic ring is 1. The van der Waals surface area contributed by atoms with Gasteiger partial charge in [-0.1, -0.05) is 6.07 Å². The first kappa shape index (κ1) is 14.9. The Hall–Kier alpha value is -1.51. The fraction of sp³-hybridized carbons (Fsp3) is 0.167. The molecule has 0 amide bonds. The summed E-state index contributed by atoms with van der Waals surface area (Å²) in [6.07, 6.45) is 0.476. The van der Waals surface area contributed by atoms with Gasteiger partial charge in [-0.05, 0) is 30.0 Å². The molecule has 0 radical (unpaired) electrons. The molecule has 0 fully saturated rings. The molecule has 0 saturated carbocycles. The van der Waals surface area contributed by atoms with Crippen LogP contribution < -0.4 is 10.5 Å². The van der Waals surface area contributed by atoms with Gasteiger partial charge in [0.25, 0.3) is 0 Å².